The first-order chi connectivity index (χ1) is 9.67. The predicted molar refractivity (Wildman–Crippen MR) is 74.4 cm³/mol. The number of ether oxygens (including phenoxy) is 2. The van der Waals surface area contributed by atoms with E-state index in [0.29, 0.717) is 19.6 Å². The summed E-state index contributed by atoms with van der Waals surface area (Å²) in [6.45, 7) is 0.788. The fourth-order valence-electron chi connectivity index (χ4n) is 1.66. The first-order valence-corrected chi connectivity index (χ1v) is 6.32. The van der Waals surface area contributed by atoms with Crippen LogP contribution in [0, 0.1) is 0 Å². The molecular weight excluding hydrogens is 260 g/mol. The molecule has 1 aromatic rings. The third kappa shape index (κ3) is 5.71. The van der Waals surface area contributed by atoms with E-state index in [1.807, 2.05) is 30.3 Å². The number of nitrogens with one attached hydrogen (secondary N) is 2. The quantitative estimate of drug-likeness (QED) is 0.570. The predicted octanol–water partition coefficient (Wildman–Crippen LogP) is 0.716. The Balaban J connectivity index is 2.56. The molecule has 0 aliphatic carbocycles. The van der Waals surface area contributed by atoms with E-state index in [4.69, 9.17) is 9.47 Å². The van der Waals surface area contributed by atoms with Crippen LogP contribution in [-0.2, 0) is 20.7 Å². The molecule has 2 N–H and O–H groups in total. The number of amides is 2. The number of hydrogen-bond acceptors (Lipinski definition) is 4. The Morgan fingerprint density at radius 1 is 1.20 bits per heavy atom. The topological polar surface area (TPSA) is 76.7 Å². The lowest BCUT2D eigenvalue weighted by atomic mass is 10.1. The van der Waals surface area contributed by atoms with Gasteiger partial charge in [-0.1, -0.05) is 30.3 Å². The van der Waals surface area contributed by atoms with Crippen LogP contribution in [0.2, 0.25) is 0 Å². The van der Waals surface area contributed by atoms with Gasteiger partial charge in [0, 0.05) is 20.1 Å². The third-order valence-electron chi connectivity index (χ3n) is 2.67. The SMILES string of the molecule is COCCNC(=O)NC(Cc1ccccc1)C(=O)OC. The van der Waals surface area contributed by atoms with Gasteiger partial charge < -0.3 is 20.1 Å². The molecule has 0 aromatic heterocycles. The van der Waals surface area contributed by atoms with Crippen LogP contribution in [0.5, 0.6) is 0 Å². The van der Waals surface area contributed by atoms with Crippen LogP contribution in [0.25, 0.3) is 0 Å². The maximum atomic E-state index is 11.7. The Bertz CT molecular complexity index is 422. The van der Waals surface area contributed by atoms with Crippen molar-refractivity contribution in [2.45, 2.75) is 12.5 Å². The standard InChI is InChI=1S/C14H20N2O4/c1-19-9-8-15-14(18)16-12(13(17)20-2)10-11-6-4-3-5-7-11/h3-7,12H,8-10H2,1-2H3,(H2,15,16,18). The first kappa shape index (κ1) is 16.0. The highest BCUT2D eigenvalue weighted by molar-refractivity contribution is 5.83. The highest BCUT2D eigenvalue weighted by Gasteiger charge is 2.21. The molecule has 6 nitrogen and oxygen atoms in total. The summed E-state index contributed by atoms with van der Waals surface area (Å²) in [6, 6.07) is 8.28. The number of methoxy groups -OCH3 is 2. The third-order valence-corrected chi connectivity index (χ3v) is 2.67. The van der Waals surface area contributed by atoms with E-state index >= 15 is 0 Å². The summed E-state index contributed by atoms with van der Waals surface area (Å²) < 4.78 is 9.53. The molecule has 0 heterocycles. The average Bonchev–Trinajstić information content (AvgIpc) is 2.47. The molecule has 0 fully saturated rings. The number of urea groups is 1. The van der Waals surface area contributed by atoms with Crippen LogP contribution in [0.15, 0.2) is 30.3 Å². The van der Waals surface area contributed by atoms with Gasteiger partial charge in [0.25, 0.3) is 0 Å². The molecular formula is C14H20N2O4. The van der Waals surface area contributed by atoms with E-state index in [2.05, 4.69) is 10.6 Å². The molecule has 0 radical (unpaired) electrons. The zero-order valence-corrected chi connectivity index (χ0v) is 11.7. The normalized spacial score (nSPS) is 11.5. The van der Waals surface area contributed by atoms with Crippen molar-refractivity contribution in [2.75, 3.05) is 27.4 Å². The van der Waals surface area contributed by atoms with Gasteiger partial charge in [0.1, 0.15) is 6.04 Å². The van der Waals surface area contributed by atoms with E-state index in [0.717, 1.165) is 5.56 Å². The van der Waals surface area contributed by atoms with Crippen molar-refractivity contribution < 1.29 is 19.1 Å². The fraction of sp³-hybridized carbons (Fsp3) is 0.429. The van der Waals surface area contributed by atoms with E-state index in [9.17, 15) is 9.59 Å². The monoisotopic (exact) mass is 280 g/mol. The van der Waals surface area contributed by atoms with E-state index in [1.54, 1.807) is 7.11 Å². The Morgan fingerprint density at radius 2 is 1.90 bits per heavy atom. The van der Waals surface area contributed by atoms with E-state index in [-0.39, 0.29) is 0 Å². The summed E-state index contributed by atoms with van der Waals surface area (Å²) in [4.78, 5) is 23.3. The Morgan fingerprint density at radius 3 is 2.50 bits per heavy atom. The number of benzene rings is 1. The molecule has 0 spiro atoms. The average molecular weight is 280 g/mol. The number of carbonyl (C=O) groups is 2. The molecule has 1 unspecified atom stereocenters. The smallest absolute Gasteiger partial charge is 0.328 e. The lowest BCUT2D eigenvalue weighted by Crippen LogP contribution is -2.48. The lowest BCUT2D eigenvalue weighted by Gasteiger charge is -2.17. The van der Waals surface area contributed by atoms with Gasteiger partial charge in [-0.05, 0) is 5.56 Å². The number of hydrogen-bond donors (Lipinski definition) is 2. The summed E-state index contributed by atoms with van der Waals surface area (Å²) in [5.41, 5.74) is 0.945. The van der Waals surface area contributed by atoms with Crippen LogP contribution in [0.3, 0.4) is 0 Å². The summed E-state index contributed by atoms with van der Waals surface area (Å²) in [5, 5.41) is 5.19. The molecule has 0 saturated heterocycles. The molecule has 1 atom stereocenters. The van der Waals surface area contributed by atoms with Crippen molar-refractivity contribution >= 4 is 12.0 Å². The van der Waals surface area contributed by atoms with Crippen LogP contribution < -0.4 is 10.6 Å². The van der Waals surface area contributed by atoms with Gasteiger partial charge in [-0.15, -0.1) is 0 Å². The van der Waals surface area contributed by atoms with Gasteiger partial charge >= 0.3 is 12.0 Å². The first-order valence-electron chi connectivity index (χ1n) is 6.32. The largest absolute Gasteiger partial charge is 0.467 e. The zero-order valence-electron chi connectivity index (χ0n) is 11.7. The summed E-state index contributed by atoms with van der Waals surface area (Å²) in [7, 11) is 2.84. The second-order valence-electron chi connectivity index (χ2n) is 4.16. The van der Waals surface area contributed by atoms with Crippen molar-refractivity contribution in [3.8, 4) is 0 Å². The summed E-state index contributed by atoms with van der Waals surface area (Å²) in [5.74, 6) is -0.476. The second kappa shape index (κ2) is 8.92. The molecule has 2 amide bonds. The van der Waals surface area contributed by atoms with Gasteiger partial charge in [-0.3, -0.25) is 0 Å². The van der Waals surface area contributed by atoms with E-state index < -0.39 is 18.0 Å². The number of carbonyl (C=O) groups excluding carboxylic acids is 2. The van der Waals surface area contributed by atoms with E-state index in [1.165, 1.54) is 7.11 Å². The van der Waals surface area contributed by atoms with Crippen molar-refractivity contribution in [2.24, 2.45) is 0 Å². The minimum Gasteiger partial charge on any atom is -0.467 e. The van der Waals surface area contributed by atoms with Gasteiger partial charge in [-0.25, -0.2) is 9.59 Å². The van der Waals surface area contributed by atoms with Crippen LogP contribution in [0.4, 0.5) is 4.79 Å². The van der Waals surface area contributed by atoms with Gasteiger partial charge in [0.2, 0.25) is 0 Å². The Labute approximate surface area is 118 Å². The van der Waals surface area contributed by atoms with Crippen LogP contribution >= 0.6 is 0 Å². The molecule has 1 rings (SSSR count). The highest BCUT2D eigenvalue weighted by Crippen LogP contribution is 2.04. The fourth-order valence-corrected chi connectivity index (χ4v) is 1.66. The Kier molecular flexibility index (Phi) is 7.13. The molecule has 0 aliphatic heterocycles. The highest BCUT2D eigenvalue weighted by atomic mass is 16.5. The van der Waals surface area contributed by atoms with Crippen LogP contribution in [-0.4, -0.2) is 45.4 Å². The zero-order chi connectivity index (χ0) is 14.8. The van der Waals surface area contributed by atoms with Gasteiger partial charge in [0.15, 0.2) is 0 Å². The number of rotatable bonds is 7. The van der Waals surface area contributed by atoms with Gasteiger partial charge in [-0.2, -0.15) is 0 Å². The maximum absolute atomic E-state index is 11.7. The number of esters is 1. The minimum atomic E-state index is -0.718. The molecule has 1 aromatic carbocycles. The van der Waals surface area contributed by atoms with Crippen molar-refractivity contribution in [3.63, 3.8) is 0 Å². The van der Waals surface area contributed by atoms with Crippen molar-refractivity contribution in [1.82, 2.24) is 10.6 Å². The lowest BCUT2D eigenvalue weighted by molar-refractivity contribution is -0.142. The Hall–Kier alpha value is -2.08. The van der Waals surface area contributed by atoms with Gasteiger partial charge in [0.05, 0.1) is 13.7 Å². The summed E-state index contributed by atoms with van der Waals surface area (Å²) >= 11 is 0. The minimum absolute atomic E-state index is 0.377. The molecule has 20 heavy (non-hydrogen) atoms. The molecule has 0 bridgehead atoms. The summed E-state index contributed by atoms with van der Waals surface area (Å²) in [6.07, 6.45) is 0.380. The second-order valence-corrected chi connectivity index (χ2v) is 4.16. The molecule has 6 heteroatoms. The molecule has 0 aliphatic rings. The van der Waals surface area contributed by atoms with Crippen molar-refractivity contribution in [1.29, 1.82) is 0 Å². The maximum Gasteiger partial charge on any atom is 0.328 e. The molecule has 0 saturated carbocycles. The molecule has 110 valence electrons. The van der Waals surface area contributed by atoms with Crippen LogP contribution in [0.1, 0.15) is 5.56 Å². The van der Waals surface area contributed by atoms with Crippen molar-refractivity contribution in [3.05, 3.63) is 35.9 Å².